The first-order chi connectivity index (χ1) is 15.9. The van der Waals surface area contributed by atoms with E-state index in [2.05, 4.69) is 20.8 Å². The van der Waals surface area contributed by atoms with E-state index >= 15 is 0 Å². The molecule has 1 aliphatic heterocycles. The zero-order chi connectivity index (χ0) is 23.5. The van der Waals surface area contributed by atoms with Crippen molar-refractivity contribution in [2.45, 2.75) is 12.8 Å². The highest BCUT2D eigenvalue weighted by molar-refractivity contribution is 9.10. The number of benzene rings is 2. The number of hydrogen-bond acceptors (Lipinski definition) is 6. The minimum atomic E-state index is -0.738. The molecule has 33 heavy (non-hydrogen) atoms. The Morgan fingerprint density at radius 3 is 2.85 bits per heavy atom. The molecule has 7 nitrogen and oxygen atoms in total. The Labute approximate surface area is 204 Å². The van der Waals surface area contributed by atoms with Gasteiger partial charge in [-0.05, 0) is 59.6 Å². The molecular weight excluding hydrogens is 514 g/mol. The topological polar surface area (TPSA) is 89.2 Å². The van der Waals surface area contributed by atoms with Gasteiger partial charge in [0.2, 0.25) is 0 Å². The SMILES string of the molecule is COc1cc(-c2cc(=O)c3cccc(Cl)c3o2)c(OCCCN2CCC(C(=O)O)C2)cc1Br. The average molecular weight is 537 g/mol. The number of carboxylic acid groups (broad SMARTS) is 1. The van der Waals surface area contributed by atoms with Crippen LogP contribution in [0.5, 0.6) is 11.5 Å². The van der Waals surface area contributed by atoms with E-state index in [9.17, 15) is 9.59 Å². The fraction of sp³-hybridized carbons (Fsp3) is 0.333. The van der Waals surface area contributed by atoms with Gasteiger partial charge in [0.15, 0.2) is 11.0 Å². The number of methoxy groups -OCH3 is 1. The lowest BCUT2D eigenvalue weighted by atomic mass is 10.1. The first-order valence-corrected chi connectivity index (χ1v) is 11.7. The molecule has 1 fully saturated rings. The van der Waals surface area contributed by atoms with E-state index in [0.717, 1.165) is 19.5 Å². The molecule has 0 amide bonds. The summed E-state index contributed by atoms with van der Waals surface area (Å²) in [5, 5.41) is 9.91. The van der Waals surface area contributed by atoms with E-state index in [1.165, 1.54) is 6.07 Å². The number of likely N-dealkylation sites (tertiary alicyclic amines) is 1. The molecule has 0 saturated carbocycles. The number of carbonyl (C=O) groups is 1. The molecule has 2 aromatic carbocycles. The van der Waals surface area contributed by atoms with Crippen LogP contribution in [0.4, 0.5) is 0 Å². The van der Waals surface area contributed by atoms with Gasteiger partial charge in [0.25, 0.3) is 0 Å². The van der Waals surface area contributed by atoms with Gasteiger partial charge < -0.3 is 23.9 Å². The summed E-state index contributed by atoms with van der Waals surface area (Å²) in [6, 6.07) is 9.99. The first-order valence-electron chi connectivity index (χ1n) is 10.6. The van der Waals surface area contributed by atoms with Crippen LogP contribution in [0.3, 0.4) is 0 Å². The maximum Gasteiger partial charge on any atom is 0.307 e. The molecule has 0 aliphatic carbocycles. The predicted octanol–water partition coefficient (Wildman–Crippen LogP) is 5.06. The number of halogens is 2. The molecule has 3 aromatic rings. The van der Waals surface area contributed by atoms with Crippen molar-refractivity contribution in [1.29, 1.82) is 0 Å². The van der Waals surface area contributed by atoms with Crippen molar-refractivity contribution in [3.05, 3.63) is 56.1 Å². The Morgan fingerprint density at radius 2 is 2.12 bits per heavy atom. The molecule has 9 heteroatoms. The van der Waals surface area contributed by atoms with Gasteiger partial charge in [0, 0.05) is 19.2 Å². The summed E-state index contributed by atoms with van der Waals surface area (Å²) in [7, 11) is 1.55. The number of aliphatic carboxylic acids is 1. The summed E-state index contributed by atoms with van der Waals surface area (Å²) in [6.45, 7) is 2.51. The Morgan fingerprint density at radius 1 is 1.30 bits per heavy atom. The van der Waals surface area contributed by atoms with Gasteiger partial charge >= 0.3 is 5.97 Å². The van der Waals surface area contributed by atoms with Crippen LogP contribution in [0.15, 0.2) is 50.1 Å². The number of para-hydroxylation sites is 1. The molecule has 0 bridgehead atoms. The highest BCUT2D eigenvalue weighted by atomic mass is 79.9. The molecule has 1 atom stereocenters. The van der Waals surface area contributed by atoms with Crippen molar-refractivity contribution < 1.29 is 23.8 Å². The van der Waals surface area contributed by atoms with E-state index in [1.807, 2.05) is 0 Å². The molecule has 2 heterocycles. The lowest BCUT2D eigenvalue weighted by Gasteiger charge is -2.17. The number of hydrogen-bond donors (Lipinski definition) is 1. The Balaban J connectivity index is 1.56. The zero-order valence-corrected chi connectivity index (χ0v) is 20.3. The molecule has 1 unspecified atom stereocenters. The summed E-state index contributed by atoms with van der Waals surface area (Å²) in [6.07, 6.45) is 1.40. The summed E-state index contributed by atoms with van der Waals surface area (Å²) < 4.78 is 18.2. The van der Waals surface area contributed by atoms with Crippen molar-refractivity contribution in [2.24, 2.45) is 5.92 Å². The number of carboxylic acids is 1. The van der Waals surface area contributed by atoms with E-state index in [1.54, 1.807) is 37.4 Å². The van der Waals surface area contributed by atoms with Crippen molar-refractivity contribution in [1.82, 2.24) is 4.90 Å². The molecule has 1 N–H and O–H groups in total. The van der Waals surface area contributed by atoms with E-state index < -0.39 is 5.97 Å². The lowest BCUT2D eigenvalue weighted by molar-refractivity contribution is -0.141. The standard InChI is InChI=1S/C24H23BrClNO6/c1-31-22-10-16(21-12-19(28)15-4-2-5-18(26)23(15)33-21)20(11-17(22)25)32-9-3-7-27-8-6-14(13-27)24(29)30/h2,4-5,10-12,14H,3,6-9,13H2,1H3,(H,29,30). The van der Waals surface area contributed by atoms with Gasteiger partial charge in [-0.1, -0.05) is 17.7 Å². The van der Waals surface area contributed by atoms with Gasteiger partial charge in [-0.3, -0.25) is 9.59 Å². The zero-order valence-electron chi connectivity index (χ0n) is 18.0. The highest BCUT2D eigenvalue weighted by Crippen LogP contribution is 2.39. The summed E-state index contributed by atoms with van der Waals surface area (Å²) >= 11 is 9.75. The van der Waals surface area contributed by atoms with Gasteiger partial charge in [0.1, 0.15) is 17.3 Å². The molecule has 1 aliphatic rings. The number of ether oxygens (including phenoxy) is 2. The molecule has 174 valence electrons. The van der Waals surface area contributed by atoms with Gasteiger partial charge in [0.05, 0.1) is 40.1 Å². The Hall–Kier alpha value is -2.55. The minimum absolute atomic E-state index is 0.205. The highest BCUT2D eigenvalue weighted by Gasteiger charge is 2.27. The van der Waals surface area contributed by atoms with Crippen LogP contribution in [-0.4, -0.2) is 49.3 Å². The third-order valence-corrected chi connectivity index (χ3v) is 6.64. The lowest BCUT2D eigenvalue weighted by Crippen LogP contribution is -2.25. The third kappa shape index (κ3) is 5.18. The van der Waals surface area contributed by atoms with Crippen LogP contribution < -0.4 is 14.9 Å². The maximum atomic E-state index is 12.7. The second kappa shape index (κ2) is 10.2. The summed E-state index contributed by atoms with van der Waals surface area (Å²) in [4.78, 5) is 26.0. The van der Waals surface area contributed by atoms with Crippen LogP contribution in [-0.2, 0) is 4.79 Å². The molecule has 0 radical (unpaired) electrons. The summed E-state index contributed by atoms with van der Waals surface area (Å²) in [5.41, 5.74) is 0.682. The molecule has 0 spiro atoms. The van der Waals surface area contributed by atoms with Crippen LogP contribution in [0.2, 0.25) is 5.02 Å². The summed E-state index contributed by atoms with van der Waals surface area (Å²) in [5.74, 6) is 0.388. The van der Waals surface area contributed by atoms with E-state index in [-0.39, 0.29) is 11.3 Å². The van der Waals surface area contributed by atoms with Crippen molar-refractivity contribution in [3.8, 4) is 22.8 Å². The van der Waals surface area contributed by atoms with Crippen LogP contribution >= 0.6 is 27.5 Å². The van der Waals surface area contributed by atoms with Gasteiger partial charge in [-0.2, -0.15) is 0 Å². The first kappa shape index (κ1) is 23.6. The molecular formula is C24H23BrClNO6. The minimum Gasteiger partial charge on any atom is -0.496 e. The average Bonchev–Trinajstić information content (AvgIpc) is 3.27. The molecule has 4 rings (SSSR count). The van der Waals surface area contributed by atoms with E-state index in [0.29, 0.717) is 62.9 Å². The van der Waals surface area contributed by atoms with Gasteiger partial charge in [-0.15, -0.1) is 0 Å². The number of nitrogens with zero attached hydrogens (tertiary/aromatic N) is 1. The maximum absolute atomic E-state index is 12.7. The van der Waals surface area contributed by atoms with Crippen LogP contribution in [0, 0.1) is 5.92 Å². The largest absolute Gasteiger partial charge is 0.496 e. The number of fused-ring (bicyclic) bond motifs is 1. The van der Waals surface area contributed by atoms with Crippen molar-refractivity contribution in [2.75, 3.05) is 33.4 Å². The Kier molecular flexibility index (Phi) is 7.26. The van der Waals surface area contributed by atoms with Crippen LogP contribution in [0.25, 0.3) is 22.3 Å². The van der Waals surface area contributed by atoms with Gasteiger partial charge in [-0.25, -0.2) is 0 Å². The second-order valence-electron chi connectivity index (χ2n) is 7.90. The quantitative estimate of drug-likeness (QED) is 0.403. The van der Waals surface area contributed by atoms with Crippen LogP contribution in [0.1, 0.15) is 12.8 Å². The monoisotopic (exact) mass is 535 g/mol. The predicted molar refractivity (Wildman–Crippen MR) is 129 cm³/mol. The third-order valence-electron chi connectivity index (χ3n) is 5.72. The number of rotatable bonds is 8. The second-order valence-corrected chi connectivity index (χ2v) is 9.16. The van der Waals surface area contributed by atoms with Crippen molar-refractivity contribution in [3.63, 3.8) is 0 Å². The smallest absolute Gasteiger partial charge is 0.307 e. The van der Waals surface area contributed by atoms with Crippen molar-refractivity contribution >= 4 is 44.5 Å². The Bertz CT molecular complexity index is 1240. The molecule has 1 aromatic heterocycles. The normalized spacial score (nSPS) is 16.3. The van der Waals surface area contributed by atoms with E-state index in [4.69, 9.17) is 30.6 Å². The fourth-order valence-electron chi connectivity index (χ4n) is 3.99. The molecule has 1 saturated heterocycles. The fourth-order valence-corrected chi connectivity index (χ4v) is 4.68.